The fourth-order valence-corrected chi connectivity index (χ4v) is 1.29. The van der Waals surface area contributed by atoms with Gasteiger partial charge >= 0.3 is 5.97 Å². The first-order valence-corrected chi connectivity index (χ1v) is 5.49. The van der Waals surface area contributed by atoms with Crippen LogP contribution in [0.15, 0.2) is 12.7 Å². The molecule has 14 heavy (non-hydrogen) atoms. The average molecular weight is 198 g/mol. The molecule has 0 aliphatic heterocycles. The Morgan fingerprint density at radius 2 is 2.14 bits per heavy atom. The Morgan fingerprint density at radius 3 is 2.71 bits per heavy atom. The van der Waals surface area contributed by atoms with E-state index in [1.807, 2.05) is 0 Å². The lowest BCUT2D eigenvalue weighted by molar-refractivity contribution is -0.138. The highest BCUT2D eigenvalue weighted by atomic mass is 16.5. The molecule has 0 aliphatic rings. The predicted molar refractivity (Wildman–Crippen MR) is 59.1 cm³/mol. The minimum atomic E-state index is -0.314. The zero-order valence-electron chi connectivity index (χ0n) is 9.42. The van der Waals surface area contributed by atoms with Crippen LogP contribution in [-0.2, 0) is 9.53 Å². The van der Waals surface area contributed by atoms with Gasteiger partial charge in [-0.15, -0.1) is 0 Å². The van der Waals surface area contributed by atoms with E-state index >= 15 is 0 Å². The van der Waals surface area contributed by atoms with Crippen LogP contribution in [0.2, 0.25) is 0 Å². The summed E-state index contributed by atoms with van der Waals surface area (Å²) in [6, 6.07) is 0. The Labute approximate surface area is 87.3 Å². The van der Waals surface area contributed by atoms with Gasteiger partial charge in [-0.05, 0) is 12.3 Å². The molecule has 0 N–H and O–H groups in total. The highest BCUT2D eigenvalue weighted by Gasteiger charge is 2.04. The maximum atomic E-state index is 10.8. The van der Waals surface area contributed by atoms with Gasteiger partial charge in [0.1, 0.15) is 0 Å². The van der Waals surface area contributed by atoms with Gasteiger partial charge in [0.25, 0.3) is 0 Å². The maximum Gasteiger partial charge on any atom is 0.330 e. The van der Waals surface area contributed by atoms with Gasteiger partial charge in [-0.3, -0.25) is 0 Å². The summed E-state index contributed by atoms with van der Waals surface area (Å²) in [6.07, 6.45) is 7.45. The molecule has 0 aliphatic carbocycles. The van der Waals surface area contributed by atoms with Gasteiger partial charge in [-0.2, -0.15) is 0 Å². The van der Waals surface area contributed by atoms with Crippen LogP contribution >= 0.6 is 0 Å². The van der Waals surface area contributed by atoms with Crippen molar-refractivity contribution in [3.63, 3.8) is 0 Å². The smallest absolute Gasteiger partial charge is 0.330 e. The van der Waals surface area contributed by atoms with Crippen LogP contribution in [0.25, 0.3) is 0 Å². The highest BCUT2D eigenvalue weighted by molar-refractivity contribution is 5.81. The normalized spacial score (nSPS) is 12.1. The number of esters is 1. The van der Waals surface area contributed by atoms with Crippen LogP contribution in [0.5, 0.6) is 0 Å². The zero-order chi connectivity index (χ0) is 10.8. The lowest BCUT2D eigenvalue weighted by atomic mass is 10.0. The summed E-state index contributed by atoms with van der Waals surface area (Å²) in [4.78, 5) is 10.8. The SMILES string of the molecule is C=CC(=O)OCC(C)CCCCCC. The minimum Gasteiger partial charge on any atom is -0.462 e. The Hall–Kier alpha value is -0.790. The molecule has 1 atom stereocenters. The van der Waals surface area contributed by atoms with Gasteiger partial charge in [0.2, 0.25) is 0 Å². The predicted octanol–water partition coefficient (Wildman–Crippen LogP) is 3.32. The fraction of sp³-hybridized carbons (Fsp3) is 0.750. The molecule has 0 spiro atoms. The third-order valence-corrected chi connectivity index (χ3v) is 2.23. The van der Waals surface area contributed by atoms with Crippen molar-refractivity contribution >= 4 is 5.97 Å². The summed E-state index contributed by atoms with van der Waals surface area (Å²) in [5.41, 5.74) is 0. The Kier molecular flexibility index (Phi) is 8.30. The van der Waals surface area contributed by atoms with Crippen LogP contribution in [0.1, 0.15) is 46.0 Å². The third-order valence-electron chi connectivity index (χ3n) is 2.23. The number of hydrogen-bond donors (Lipinski definition) is 0. The number of carbonyl (C=O) groups excluding carboxylic acids is 1. The molecule has 0 rings (SSSR count). The summed E-state index contributed by atoms with van der Waals surface area (Å²) >= 11 is 0. The van der Waals surface area contributed by atoms with Crippen molar-refractivity contribution < 1.29 is 9.53 Å². The second-order valence-corrected chi connectivity index (χ2v) is 3.79. The fourth-order valence-electron chi connectivity index (χ4n) is 1.29. The van der Waals surface area contributed by atoms with Gasteiger partial charge < -0.3 is 4.74 Å². The topological polar surface area (TPSA) is 26.3 Å². The van der Waals surface area contributed by atoms with Crippen LogP contribution in [-0.4, -0.2) is 12.6 Å². The molecule has 0 bridgehead atoms. The van der Waals surface area contributed by atoms with E-state index in [4.69, 9.17) is 4.74 Å². The van der Waals surface area contributed by atoms with E-state index in [-0.39, 0.29) is 5.97 Å². The number of ether oxygens (including phenoxy) is 1. The molecule has 2 nitrogen and oxygen atoms in total. The first-order chi connectivity index (χ1) is 6.70. The summed E-state index contributed by atoms with van der Waals surface area (Å²) in [6.45, 7) is 8.19. The summed E-state index contributed by atoms with van der Waals surface area (Å²) in [5, 5.41) is 0. The maximum absolute atomic E-state index is 10.8. The monoisotopic (exact) mass is 198 g/mol. The number of hydrogen-bond acceptors (Lipinski definition) is 2. The van der Waals surface area contributed by atoms with E-state index in [0.717, 1.165) is 6.42 Å². The number of rotatable bonds is 8. The third kappa shape index (κ3) is 7.84. The van der Waals surface area contributed by atoms with Crippen molar-refractivity contribution in [3.05, 3.63) is 12.7 Å². The van der Waals surface area contributed by atoms with E-state index in [9.17, 15) is 4.79 Å². The van der Waals surface area contributed by atoms with Crippen molar-refractivity contribution in [1.82, 2.24) is 0 Å². The molecule has 82 valence electrons. The summed E-state index contributed by atoms with van der Waals surface area (Å²) in [7, 11) is 0. The molecule has 0 saturated heterocycles. The Morgan fingerprint density at radius 1 is 1.43 bits per heavy atom. The van der Waals surface area contributed by atoms with Crippen molar-refractivity contribution in [2.75, 3.05) is 6.61 Å². The molecule has 0 radical (unpaired) electrons. The van der Waals surface area contributed by atoms with E-state index in [2.05, 4.69) is 20.4 Å². The molecular weight excluding hydrogens is 176 g/mol. The van der Waals surface area contributed by atoms with E-state index in [1.165, 1.54) is 31.8 Å². The van der Waals surface area contributed by atoms with Gasteiger partial charge in [-0.25, -0.2) is 4.79 Å². The van der Waals surface area contributed by atoms with Crippen molar-refractivity contribution in [1.29, 1.82) is 0 Å². The van der Waals surface area contributed by atoms with Crippen LogP contribution in [0.4, 0.5) is 0 Å². The quantitative estimate of drug-likeness (QED) is 0.340. The molecule has 2 heteroatoms. The Bertz CT molecular complexity index is 164. The van der Waals surface area contributed by atoms with E-state index < -0.39 is 0 Å². The minimum absolute atomic E-state index is 0.314. The van der Waals surface area contributed by atoms with Crippen molar-refractivity contribution in [2.45, 2.75) is 46.0 Å². The average Bonchev–Trinajstić information content (AvgIpc) is 2.21. The van der Waals surface area contributed by atoms with Crippen LogP contribution < -0.4 is 0 Å². The molecule has 1 unspecified atom stereocenters. The molecule has 0 aromatic rings. The molecule has 0 fully saturated rings. The van der Waals surface area contributed by atoms with Crippen molar-refractivity contribution in [2.24, 2.45) is 5.92 Å². The van der Waals surface area contributed by atoms with E-state index in [1.54, 1.807) is 0 Å². The number of carbonyl (C=O) groups is 1. The van der Waals surface area contributed by atoms with Gasteiger partial charge in [0.05, 0.1) is 6.61 Å². The molecular formula is C12H22O2. The van der Waals surface area contributed by atoms with Gasteiger partial charge in [0, 0.05) is 6.08 Å². The molecule has 0 aromatic carbocycles. The lowest BCUT2D eigenvalue weighted by Crippen LogP contribution is -2.09. The Balaban J connectivity index is 3.31. The van der Waals surface area contributed by atoms with Crippen LogP contribution in [0, 0.1) is 5.92 Å². The molecule has 0 amide bonds. The van der Waals surface area contributed by atoms with Crippen LogP contribution in [0.3, 0.4) is 0 Å². The second-order valence-electron chi connectivity index (χ2n) is 3.79. The van der Waals surface area contributed by atoms with Crippen molar-refractivity contribution in [3.8, 4) is 0 Å². The summed E-state index contributed by atoms with van der Waals surface area (Å²) < 4.78 is 4.95. The zero-order valence-corrected chi connectivity index (χ0v) is 9.42. The van der Waals surface area contributed by atoms with Gasteiger partial charge in [0.15, 0.2) is 0 Å². The first kappa shape index (κ1) is 13.2. The molecule has 0 saturated carbocycles. The second kappa shape index (κ2) is 8.79. The molecule has 0 heterocycles. The van der Waals surface area contributed by atoms with E-state index in [0.29, 0.717) is 12.5 Å². The van der Waals surface area contributed by atoms with Gasteiger partial charge in [-0.1, -0.05) is 46.1 Å². The molecule has 0 aromatic heterocycles. The largest absolute Gasteiger partial charge is 0.462 e. The summed E-state index contributed by atoms with van der Waals surface area (Å²) in [5.74, 6) is 0.154. The highest BCUT2D eigenvalue weighted by Crippen LogP contribution is 2.10. The standard InChI is InChI=1S/C12H22O2/c1-4-6-7-8-9-11(3)10-14-12(13)5-2/h5,11H,2,4,6-10H2,1,3H3. The first-order valence-electron chi connectivity index (χ1n) is 5.49. The lowest BCUT2D eigenvalue weighted by Gasteiger charge is -2.10. The number of unbranched alkanes of at least 4 members (excludes halogenated alkanes) is 3.